The first-order valence-corrected chi connectivity index (χ1v) is 9.19. The smallest absolute Gasteiger partial charge is 0.244 e. The van der Waals surface area contributed by atoms with Crippen molar-refractivity contribution in [3.05, 3.63) is 24.2 Å². The Morgan fingerprint density at radius 1 is 1.32 bits per heavy atom. The number of likely N-dealkylation sites (tertiary alicyclic amines) is 1. The summed E-state index contributed by atoms with van der Waals surface area (Å²) < 4.78 is 10.7. The third-order valence-corrected chi connectivity index (χ3v) is 4.04. The predicted octanol–water partition coefficient (Wildman–Crippen LogP) is 1.41. The summed E-state index contributed by atoms with van der Waals surface area (Å²) in [6.45, 7) is 6.78. The van der Waals surface area contributed by atoms with Crippen LogP contribution >= 0.6 is 0 Å². The van der Waals surface area contributed by atoms with Gasteiger partial charge in [-0.05, 0) is 38.3 Å². The molecule has 1 aliphatic rings. The van der Waals surface area contributed by atoms with Gasteiger partial charge in [0.2, 0.25) is 5.91 Å². The molecule has 1 saturated heterocycles. The van der Waals surface area contributed by atoms with Gasteiger partial charge in [-0.15, -0.1) is 0 Å². The highest BCUT2D eigenvalue weighted by molar-refractivity contribution is 5.85. The van der Waals surface area contributed by atoms with E-state index in [0.29, 0.717) is 12.5 Å². The van der Waals surface area contributed by atoms with Crippen molar-refractivity contribution in [1.29, 1.82) is 0 Å². The molecule has 25 heavy (non-hydrogen) atoms. The Labute approximate surface area is 149 Å². The summed E-state index contributed by atoms with van der Waals surface area (Å²) >= 11 is 0. The lowest BCUT2D eigenvalue weighted by molar-refractivity contribution is -0.128. The summed E-state index contributed by atoms with van der Waals surface area (Å²) in [5.41, 5.74) is 0. The molecule has 2 heterocycles. The number of ether oxygens (including phenoxy) is 1. The van der Waals surface area contributed by atoms with Crippen molar-refractivity contribution in [3.63, 3.8) is 0 Å². The van der Waals surface area contributed by atoms with Crippen LogP contribution in [0.1, 0.15) is 31.9 Å². The maximum Gasteiger partial charge on any atom is 0.244 e. The summed E-state index contributed by atoms with van der Waals surface area (Å²) in [5, 5.41) is 6.52. The van der Waals surface area contributed by atoms with E-state index in [1.54, 1.807) is 6.26 Å². The van der Waals surface area contributed by atoms with Crippen LogP contribution < -0.4 is 10.6 Å². The molecular weight excluding hydrogens is 320 g/mol. The molecule has 7 nitrogen and oxygen atoms in total. The Kier molecular flexibility index (Phi) is 8.90. The van der Waals surface area contributed by atoms with E-state index in [1.807, 2.05) is 24.0 Å². The van der Waals surface area contributed by atoms with Crippen LogP contribution in [0.2, 0.25) is 0 Å². The lowest BCUT2D eigenvalue weighted by Gasteiger charge is -2.15. The highest BCUT2D eigenvalue weighted by Gasteiger charge is 2.17. The SMILES string of the molecule is CCOCCCNC(=NCC(=O)N1CCCC1)NCCc1ccco1. The number of nitrogens with one attached hydrogen (secondary N) is 2. The number of rotatable bonds is 10. The quantitative estimate of drug-likeness (QED) is 0.379. The van der Waals surface area contributed by atoms with E-state index in [0.717, 1.165) is 64.3 Å². The molecule has 1 aromatic heterocycles. The molecule has 0 aliphatic carbocycles. The Morgan fingerprint density at radius 3 is 2.84 bits per heavy atom. The van der Waals surface area contributed by atoms with Gasteiger partial charge in [0, 0.05) is 45.8 Å². The second-order valence-corrected chi connectivity index (χ2v) is 5.99. The minimum Gasteiger partial charge on any atom is -0.469 e. The number of carbonyl (C=O) groups excluding carboxylic acids is 1. The fourth-order valence-corrected chi connectivity index (χ4v) is 2.67. The monoisotopic (exact) mass is 350 g/mol. The van der Waals surface area contributed by atoms with Crippen LogP contribution in [0.3, 0.4) is 0 Å². The molecule has 0 saturated carbocycles. The van der Waals surface area contributed by atoms with Gasteiger partial charge in [-0.3, -0.25) is 4.79 Å². The topological polar surface area (TPSA) is 79.1 Å². The van der Waals surface area contributed by atoms with Crippen LogP contribution in [-0.2, 0) is 16.0 Å². The lowest BCUT2D eigenvalue weighted by Crippen LogP contribution is -2.40. The standard InChI is InChI=1S/C18H30N4O3/c1-2-24-13-6-9-19-18(20-10-8-16-7-5-14-25-16)21-15-17(23)22-11-3-4-12-22/h5,7,14H,2-4,6,8-13,15H2,1H3,(H2,19,20,21). The fourth-order valence-electron chi connectivity index (χ4n) is 2.67. The normalized spacial score (nSPS) is 14.8. The summed E-state index contributed by atoms with van der Waals surface area (Å²) in [7, 11) is 0. The number of hydrogen-bond acceptors (Lipinski definition) is 4. The van der Waals surface area contributed by atoms with Crippen LogP contribution in [-0.4, -0.2) is 62.7 Å². The third kappa shape index (κ3) is 7.60. The van der Waals surface area contributed by atoms with Gasteiger partial charge in [0.25, 0.3) is 0 Å². The number of hydrogen-bond donors (Lipinski definition) is 2. The van der Waals surface area contributed by atoms with Gasteiger partial charge in [0.05, 0.1) is 6.26 Å². The van der Waals surface area contributed by atoms with Crippen molar-refractivity contribution in [2.24, 2.45) is 4.99 Å². The third-order valence-electron chi connectivity index (χ3n) is 4.04. The number of nitrogens with zero attached hydrogens (tertiary/aromatic N) is 2. The number of guanidine groups is 1. The van der Waals surface area contributed by atoms with Crippen molar-refractivity contribution in [3.8, 4) is 0 Å². The second-order valence-electron chi connectivity index (χ2n) is 5.99. The van der Waals surface area contributed by atoms with E-state index in [1.165, 1.54) is 0 Å². The van der Waals surface area contributed by atoms with Crippen LogP contribution in [0.4, 0.5) is 0 Å². The van der Waals surface area contributed by atoms with Gasteiger partial charge in [0.1, 0.15) is 12.3 Å². The van der Waals surface area contributed by atoms with Gasteiger partial charge < -0.3 is 24.7 Å². The maximum atomic E-state index is 12.2. The average molecular weight is 350 g/mol. The molecule has 1 aliphatic heterocycles. The molecule has 1 fully saturated rings. The Bertz CT molecular complexity index is 510. The molecule has 0 bridgehead atoms. The van der Waals surface area contributed by atoms with E-state index < -0.39 is 0 Å². The number of amides is 1. The van der Waals surface area contributed by atoms with Gasteiger partial charge in [-0.1, -0.05) is 0 Å². The van der Waals surface area contributed by atoms with E-state index in [4.69, 9.17) is 9.15 Å². The molecule has 140 valence electrons. The van der Waals surface area contributed by atoms with Crippen molar-refractivity contribution in [2.45, 2.75) is 32.6 Å². The van der Waals surface area contributed by atoms with E-state index >= 15 is 0 Å². The van der Waals surface area contributed by atoms with Crippen molar-refractivity contribution < 1.29 is 13.9 Å². The van der Waals surface area contributed by atoms with Crippen molar-refractivity contribution in [1.82, 2.24) is 15.5 Å². The molecule has 2 N–H and O–H groups in total. The largest absolute Gasteiger partial charge is 0.469 e. The first kappa shape index (κ1) is 19.3. The van der Waals surface area contributed by atoms with E-state index in [-0.39, 0.29) is 12.5 Å². The maximum absolute atomic E-state index is 12.2. The van der Waals surface area contributed by atoms with Gasteiger partial charge >= 0.3 is 0 Å². The zero-order valence-electron chi connectivity index (χ0n) is 15.1. The summed E-state index contributed by atoms with van der Waals surface area (Å²) in [6.07, 6.45) is 5.53. The zero-order valence-corrected chi connectivity index (χ0v) is 15.1. The highest BCUT2D eigenvalue weighted by Crippen LogP contribution is 2.07. The van der Waals surface area contributed by atoms with Crippen LogP contribution in [0.15, 0.2) is 27.8 Å². The molecule has 0 aromatic carbocycles. The van der Waals surface area contributed by atoms with Gasteiger partial charge in [-0.25, -0.2) is 4.99 Å². The summed E-state index contributed by atoms with van der Waals surface area (Å²) in [4.78, 5) is 18.5. The minimum atomic E-state index is 0.0963. The average Bonchev–Trinajstić information content (AvgIpc) is 3.32. The summed E-state index contributed by atoms with van der Waals surface area (Å²) in [5.74, 6) is 1.69. The van der Waals surface area contributed by atoms with Crippen LogP contribution in [0.25, 0.3) is 0 Å². The van der Waals surface area contributed by atoms with Crippen LogP contribution in [0, 0.1) is 0 Å². The minimum absolute atomic E-state index is 0.0963. The predicted molar refractivity (Wildman–Crippen MR) is 97.6 cm³/mol. The Balaban J connectivity index is 1.76. The molecule has 7 heteroatoms. The molecule has 0 atom stereocenters. The molecule has 2 rings (SSSR count). The Hall–Kier alpha value is -2.02. The molecule has 1 amide bonds. The van der Waals surface area contributed by atoms with Crippen molar-refractivity contribution >= 4 is 11.9 Å². The van der Waals surface area contributed by atoms with Gasteiger partial charge in [0.15, 0.2) is 5.96 Å². The second kappa shape index (κ2) is 11.5. The first-order valence-electron chi connectivity index (χ1n) is 9.19. The first-order chi connectivity index (χ1) is 12.3. The number of carbonyl (C=O) groups is 1. The summed E-state index contributed by atoms with van der Waals surface area (Å²) in [6, 6.07) is 3.83. The Morgan fingerprint density at radius 2 is 2.12 bits per heavy atom. The zero-order chi connectivity index (χ0) is 17.7. The fraction of sp³-hybridized carbons (Fsp3) is 0.667. The molecule has 0 spiro atoms. The molecule has 1 aromatic rings. The van der Waals surface area contributed by atoms with Gasteiger partial charge in [-0.2, -0.15) is 0 Å². The highest BCUT2D eigenvalue weighted by atomic mass is 16.5. The van der Waals surface area contributed by atoms with E-state index in [9.17, 15) is 4.79 Å². The lowest BCUT2D eigenvalue weighted by atomic mass is 10.3. The van der Waals surface area contributed by atoms with Crippen LogP contribution in [0.5, 0.6) is 0 Å². The van der Waals surface area contributed by atoms with Crippen molar-refractivity contribution in [2.75, 3.05) is 45.9 Å². The number of aliphatic imine (C=N–C) groups is 1. The van der Waals surface area contributed by atoms with E-state index in [2.05, 4.69) is 15.6 Å². The number of furan rings is 1. The molecule has 0 radical (unpaired) electrons. The molecule has 0 unspecified atom stereocenters. The molecular formula is C18H30N4O3.